The van der Waals surface area contributed by atoms with Crippen LogP contribution in [0.4, 0.5) is 0 Å². The molecule has 0 saturated carbocycles. The summed E-state index contributed by atoms with van der Waals surface area (Å²) in [6.45, 7) is 6.39. The molecule has 4 rings (SSSR count). The highest BCUT2D eigenvalue weighted by atomic mass is 32.2. The Labute approximate surface area is 176 Å². The number of aryl methyl sites for hydroxylation is 3. The molecule has 29 heavy (non-hydrogen) atoms. The Morgan fingerprint density at radius 2 is 1.93 bits per heavy atom. The van der Waals surface area contributed by atoms with Crippen LogP contribution in [-0.2, 0) is 12.4 Å². The highest BCUT2D eigenvalue weighted by molar-refractivity contribution is 7.98. The van der Waals surface area contributed by atoms with Crippen LogP contribution in [0.1, 0.15) is 27.7 Å². The van der Waals surface area contributed by atoms with Gasteiger partial charge in [-0.3, -0.25) is 0 Å². The van der Waals surface area contributed by atoms with Gasteiger partial charge in [0.05, 0.1) is 11.4 Å². The number of aromatic nitrogens is 6. The third-order valence-electron chi connectivity index (χ3n) is 4.18. The third-order valence-corrected chi connectivity index (χ3v) is 6.03. The van der Waals surface area contributed by atoms with Crippen LogP contribution < -0.4 is 10.6 Å². The van der Waals surface area contributed by atoms with Gasteiger partial charge >= 0.3 is 0 Å². The Morgan fingerprint density at radius 1 is 1.14 bits per heavy atom. The van der Waals surface area contributed by atoms with Gasteiger partial charge in [0, 0.05) is 16.8 Å². The lowest BCUT2D eigenvalue weighted by Crippen LogP contribution is -2.17. The second kappa shape index (κ2) is 8.26. The number of thioether (sulfide) groups is 1. The second-order valence-electron chi connectivity index (χ2n) is 6.61. The summed E-state index contributed by atoms with van der Waals surface area (Å²) in [5, 5.41) is 16.3. The maximum atomic E-state index is 6.18. The Bertz CT molecular complexity index is 1110. The monoisotopic (exact) mass is 427 g/mol. The minimum atomic E-state index is 0.452. The molecule has 0 aliphatic heterocycles. The van der Waals surface area contributed by atoms with Crippen LogP contribution in [0.2, 0.25) is 0 Å². The van der Waals surface area contributed by atoms with Crippen molar-refractivity contribution >= 4 is 23.1 Å². The molecule has 0 aliphatic carbocycles. The van der Waals surface area contributed by atoms with Crippen molar-refractivity contribution < 1.29 is 4.74 Å². The molecule has 0 radical (unpaired) electrons. The van der Waals surface area contributed by atoms with E-state index in [1.54, 1.807) is 16.0 Å². The van der Waals surface area contributed by atoms with Crippen molar-refractivity contribution in [1.82, 2.24) is 29.6 Å². The molecule has 0 amide bonds. The summed E-state index contributed by atoms with van der Waals surface area (Å²) in [6.07, 6.45) is 0. The molecule has 8 nitrogen and oxygen atoms in total. The van der Waals surface area contributed by atoms with Gasteiger partial charge in [0.15, 0.2) is 0 Å². The van der Waals surface area contributed by atoms with E-state index in [0.717, 1.165) is 27.8 Å². The fourth-order valence-electron chi connectivity index (χ4n) is 2.74. The number of nitrogen functional groups attached to an aromatic ring is 1. The molecule has 0 spiro atoms. The zero-order valence-corrected chi connectivity index (χ0v) is 18.0. The van der Waals surface area contributed by atoms with E-state index in [9.17, 15) is 0 Å². The lowest BCUT2D eigenvalue weighted by Gasteiger charge is -2.04. The molecule has 10 heteroatoms. The number of hydrogen-bond acceptors (Lipinski definition) is 8. The van der Waals surface area contributed by atoms with Crippen LogP contribution in [0.3, 0.4) is 0 Å². The first kappa shape index (κ1) is 19.5. The van der Waals surface area contributed by atoms with E-state index in [2.05, 4.69) is 27.2 Å². The van der Waals surface area contributed by atoms with Gasteiger partial charge < -0.3 is 10.6 Å². The van der Waals surface area contributed by atoms with E-state index in [-0.39, 0.29) is 0 Å². The van der Waals surface area contributed by atoms with Crippen molar-refractivity contribution in [3.8, 4) is 11.7 Å². The Morgan fingerprint density at radius 3 is 2.66 bits per heavy atom. The molecule has 0 aliphatic rings. The van der Waals surface area contributed by atoms with Crippen molar-refractivity contribution in [3.63, 3.8) is 0 Å². The topological polar surface area (TPSA) is 96.7 Å². The number of hydrogen-bond donors (Lipinski definition) is 1. The number of thiazole rings is 1. The molecule has 0 atom stereocenters. The van der Waals surface area contributed by atoms with Crippen molar-refractivity contribution in [2.24, 2.45) is 0 Å². The molecule has 1 aromatic carbocycles. The summed E-state index contributed by atoms with van der Waals surface area (Å²) >= 11 is 3.06. The summed E-state index contributed by atoms with van der Waals surface area (Å²) in [5.41, 5.74) is 4.02. The fraction of sp³-hybridized carbons (Fsp3) is 0.263. The normalized spacial score (nSPS) is 11.1. The van der Waals surface area contributed by atoms with Crippen molar-refractivity contribution in [2.75, 3.05) is 5.84 Å². The van der Waals surface area contributed by atoms with Gasteiger partial charge in [-0.05, 0) is 39.0 Å². The van der Waals surface area contributed by atoms with Gasteiger partial charge in [-0.25, -0.2) is 14.3 Å². The first-order chi connectivity index (χ1) is 14.0. The van der Waals surface area contributed by atoms with E-state index < -0.39 is 0 Å². The first-order valence-corrected chi connectivity index (χ1v) is 10.9. The van der Waals surface area contributed by atoms with Crippen molar-refractivity contribution in [2.45, 2.75) is 38.3 Å². The minimum Gasteiger partial charge on any atom is -0.486 e. The lowest BCUT2D eigenvalue weighted by molar-refractivity contribution is 0.305. The predicted molar refractivity (Wildman–Crippen MR) is 114 cm³/mol. The van der Waals surface area contributed by atoms with Crippen LogP contribution in [0, 0.1) is 20.8 Å². The van der Waals surface area contributed by atoms with Crippen molar-refractivity contribution in [1.29, 1.82) is 0 Å². The van der Waals surface area contributed by atoms with Gasteiger partial charge in [-0.2, -0.15) is 5.10 Å². The molecule has 3 heterocycles. The van der Waals surface area contributed by atoms with Crippen molar-refractivity contribution in [3.05, 3.63) is 63.4 Å². The highest BCUT2D eigenvalue weighted by Gasteiger charge is 2.15. The van der Waals surface area contributed by atoms with Gasteiger partial charge in [0.1, 0.15) is 17.4 Å². The first-order valence-electron chi connectivity index (χ1n) is 8.99. The second-order valence-corrected chi connectivity index (χ2v) is 8.50. The maximum absolute atomic E-state index is 6.18. The van der Waals surface area contributed by atoms with Crippen LogP contribution in [0.25, 0.3) is 5.95 Å². The minimum absolute atomic E-state index is 0.452. The summed E-state index contributed by atoms with van der Waals surface area (Å²) in [4.78, 5) is 4.63. The molecule has 150 valence electrons. The highest BCUT2D eigenvalue weighted by Crippen LogP contribution is 2.23. The zero-order chi connectivity index (χ0) is 20.4. The molecule has 0 unspecified atom stereocenters. The van der Waals surface area contributed by atoms with Gasteiger partial charge in [-0.1, -0.05) is 29.5 Å². The van der Waals surface area contributed by atoms with Gasteiger partial charge in [0.25, 0.3) is 5.95 Å². The van der Waals surface area contributed by atoms with Crippen LogP contribution in [-0.4, -0.2) is 29.6 Å². The SMILES string of the molecule is Cc1ccc(OCc2nc(CSc3nnc(-n4nc(C)cc4C)n3N)cs2)cc1. The summed E-state index contributed by atoms with van der Waals surface area (Å²) in [5.74, 6) is 8.16. The Balaban J connectivity index is 1.36. The average molecular weight is 428 g/mol. The molecule has 0 fully saturated rings. The molecule has 3 aromatic heterocycles. The van der Waals surface area contributed by atoms with E-state index in [4.69, 9.17) is 10.6 Å². The summed E-state index contributed by atoms with van der Waals surface area (Å²) < 4.78 is 8.94. The molecule has 2 N–H and O–H groups in total. The van der Waals surface area contributed by atoms with E-state index in [0.29, 0.717) is 23.5 Å². The predicted octanol–water partition coefficient (Wildman–Crippen LogP) is 3.43. The standard InChI is InChI=1S/C19H21N7OS2/c1-12-4-6-16(7-5-12)27-9-17-21-15(10-28-17)11-29-19-23-22-18(25(19)20)26-14(3)8-13(2)24-26/h4-8,10H,9,11,20H2,1-3H3. The quantitative estimate of drug-likeness (QED) is 0.356. The summed E-state index contributed by atoms with van der Waals surface area (Å²) in [6, 6.07) is 9.96. The molecule has 0 saturated heterocycles. The third kappa shape index (κ3) is 4.43. The maximum Gasteiger partial charge on any atom is 0.271 e. The van der Waals surface area contributed by atoms with E-state index in [1.807, 2.05) is 49.6 Å². The van der Waals surface area contributed by atoms with E-state index >= 15 is 0 Å². The number of nitrogens with two attached hydrogens (primary N) is 1. The lowest BCUT2D eigenvalue weighted by atomic mass is 10.2. The van der Waals surface area contributed by atoms with Crippen LogP contribution in [0.5, 0.6) is 5.75 Å². The average Bonchev–Trinajstić information content (AvgIpc) is 3.39. The largest absolute Gasteiger partial charge is 0.486 e. The number of ether oxygens (including phenoxy) is 1. The zero-order valence-electron chi connectivity index (χ0n) is 16.4. The van der Waals surface area contributed by atoms with Crippen LogP contribution >= 0.6 is 23.1 Å². The Kier molecular flexibility index (Phi) is 5.54. The number of nitrogens with zero attached hydrogens (tertiary/aromatic N) is 6. The number of rotatable bonds is 7. The molecular weight excluding hydrogens is 406 g/mol. The van der Waals surface area contributed by atoms with E-state index in [1.165, 1.54) is 22.0 Å². The molecule has 4 aromatic rings. The molecule has 0 bridgehead atoms. The smallest absolute Gasteiger partial charge is 0.271 e. The molecular formula is C19H21N7OS2. The van der Waals surface area contributed by atoms with Gasteiger partial charge in [-0.15, -0.1) is 21.5 Å². The number of benzene rings is 1. The van der Waals surface area contributed by atoms with Gasteiger partial charge in [0.2, 0.25) is 5.16 Å². The van der Waals surface area contributed by atoms with Crippen LogP contribution in [0.15, 0.2) is 40.9 Å². The summed E-state index contributed by atoms with van der Waals surface area (Å²) in [7, 11) is 0. The fourth-order valence-corrected chi connectivity index (χ4v) is 4.30. The Hall–Kier alpha value is -2.85.